The third kappa shape index (κ3) is 1.76. The summed E-state index contributed by atoms with van der Waals surface area (Å²) < 4.78 is 7.15. The van der Waals surface area contributed by atoms with Crippen LogP contribution < -0.4 is 11.1 Å². The van der Waals surface area contributed by atoms with Crippen LogP contribution in [0.2, 0.25) is 0 Å². The molecule has 3 spiro atoms. The highest BCUT2D eigenvalue weighted by molar-refractivity contribution is 5.91. The van der Waals surface area contributed by atoms with Gasteiger partial charge in [0, 0.05) is 29.3 Å². The Labute approximate surface area is 186 Å². The van der Waals surface area contributed by atoms with Gasteiger partial charge in [0.25, 0.3) is 0 Å². The lowest BCUT2D eigenvalue weighted by atomic mass is 9.47. The number of rotatable bonds is 0. The summed E-state index contributed by atoms with van der Waals surface area (Å²) in [5.41, 5.74) is 10.1. The van der Waals surface area contributed by atoms with Gasteiger partial charge in [0.2, 0.25) is 0 Å². The molecule has 7 fully saturated rings. The quantitative estimate of drug-likeness (QED) is 0.624. The molecule has 0 bridgehead atoms. The summed E-state index contributed by atoms with van der Waals surface area (Å²) in [6, 6.07) is 0.600. The second-order valence-electron chi connectivity index (χ2n) is 13.6. The van der Waals surface area contributed by atoms with Crippen LogP contribution in [0.5, 0.6) is 0 Å². The van der Waals surface area contributed by atoms with Gasteiger partial charge in [0.15, 0.2) is 5.78 Å². The van der Waals surface area contributed by atoms with Gasteiger partial charge in [0.1, 0.15) is 0 Å². The van der Waals surface area contributed by atoms with Crippen molar-refractivity contribution < 1.29 is 9.53 Å². The minimum Gasteiger partial charge on any atom is -0.369 e. The molecule has 2 unspecified atom stereocenters. The first-order valence-corrected chi connectivity index (χ1v) is 13.2. The first-order valence-electron chi connectivity index (χ1n) is 13.2. The van der Waals surface area contributed by atoms with Crippen LogP contribution in [0.15, 0.2) is 11.6 Å². The lowest BCUT2D eigenvalue weighted by Crippen LogP contribution is -2.66. The van der Waals surface area contributed by atoms with Gasteiger partial charge in [-0.3, -0.25) is 4.79 Å². The van der Waals surface area contributed by atoms with Gasteiger partial charge >= 0.3 is 0 Å². The third-order valence-electron chi connectivity index (χ3n) is 12.8. The van der Waals surface area contributed by atoms with Gasteiger partial charge in [-0.2, -0.15) is 0 Å². The van der Waals surface area contributed by atoms with Gasteiger partial charge in [-0.05, 0) is 99.0 Å². The SMILES string of the molecule is C[C@@H]1CN[C@H]2[C@H]3CC45CC46C[C@H]4[C@@](N)(CCC7=CC(=O)CC[C@@]74C)[C@@H]6CC[C@@]35O[C@@H]2C1. The molecule has 0 amide bonds. The lowest BCUT2D eigenvalue weighted by Gasteiger charge is -2.60. The molecular weight excluding hydrogens is 384 g/mol. The summed E-state index contributed by atoms with van der Waals surface area (Å²) >= 11 is 0. The van der Waals surface area contributed by atoms with E-state index in [0.29, 0.717) is 40.6 Å². The van der Waals surface area contributed by atoms with Gasteiger partial charge in [0.05, 0.1) is 11.7 Å². The van der Waals surface area contributed by atoms with Gasteiger partial charge in [-0.25, -0.2) is 0 Å². The van der Waals surface area contributed by atoms with Crippen LogP contribution in [0.3, 0.4) is 0 Å². The maximum atomic E-state index is 12.2. The summed E-state index contributed by atoms with van der Waals surface area (Å²) in [6.07, 6.45) is 14.2. The Morgan fingerprint density at radius 2 is 2.03 bits per heavy atom. The number of nitrogens with two attached hydrogens (primary N) is 1. The molecule has 8 aliphatic rings. The smallest absolute Gasteiger partial charge is 0.155 e. The van der Waals surface area contributed by atoms with E-state index >= 15 is 0 Å². The molecule has 0 aromatic carbocycles. The topological polar surface area (TPSA) is 64.3 Å². The molecule has 0 aromatic rings. The first kappa shape index (κ1) is 18.7. The highest BCUT2D eigenvalue weighted by atomic mass is 16.5. The Bertz CT molecular complexity index is 946. The zero-order valence-electron chi connectivity index (χ0n) is 19.2. The average Bonchev–Trinajstić information content (AvgIpc) is 3.26. The predicted octanol–water partition coefficient (Wildman–Crippen LogP) is 3.74. The number of fused-ring (bicyclic) bond motifs is 6. The van der Waals surface area contributed by atoms with E-state index in [0.717, 1.165) is 44.1 Å². The molecule has 11 atom stereocenters. The molecule has 2 saturated heterocycles. The molecule has 4 nitrogen and oxygen atoms in total. The van der Waals surface area contributed by atoms with Crippen LogP contribution >= 0.6 is 0 Å². The van der Waals surface area contributed by atoms with Crippen molar-refractivity contribution in [2.24, 2.45) is 45.7 Å². The summed E-state index contributed by atoms with van der Waals surface area (Å²) in [6.45, 7) is 6.00. The number of nitrogens with one attached hydrogen (secondary N) is 1. The number of carbonyl (C=O) groups excluding carboxylic acids is 1. The maximum absolute atomic E-state index is 12.2. The summed E-state index contributed by atoms with van der Waals surface area (Å²) in [4.78, 5) is 12.2. The van der Waals surface area contributed by atoms with Crippen molar-refractivity contribution in [1.82, 2.24) is 5.32 Å². The molecule has 0 aromatic heterocycles. The Hall–Kier alpha value is -0.710. The minimum absolute atomic E-state index is 0.0270. The summed E-state index contributed by atoms with van der Waals surface area (Å²) in [5, 5.41) is 3.90. The number of allylic oxidation sites excluding steroid dienone is 2. The van der Waals surface area contributed by atoms with Crippen LogP contribution in [-0.2, 0) is 9.53 Å². The van der Waals surface area contributed by atoms with E-state index in [1.165, 1.54) is 44.1 Å². The van der Waals surface area contributed by atoms with Gasteiger partial charge in [-0.1, -0.05) is 19.4 Å². The second kappa shape index (κ2) is 5.18. The monoisotopic (exact) mass is 422 g/mol. The van der Waals surface area contributed by atoms with Crippen molar-refractivity contribution in [3.8, 4) is 0 Å². The van der Waals surface area contributed by atoms with E-state index in [9.17, 15) is 4.79 Å². The van der Waals surface area contributed by atoms with Crippen molar-refractivity contribution in [2.45, 2.75) is 101 Å². The van der Waals surface area contributed by atoms with Gasteiger partial charge < -0.3 is 15.8 Å². The largest absolute Gasteiger partial charge is 0.369 e. The van der Waals surface area contributed by atoms with E-state index in [4.69, 9.17) is 10.5 Å². The van der Waals surface area contributed by atoms with Crippen molar-refractivity contribution in [3.63, 3.8) is 0 Å². The minimum atomic E-state index is -0.0270. The fourth-order valence-corrected chi connectivity index (χ4v) is 11.6. The van der Waals surface area contributed by atoms with Crippen molar-refractivity contribution in [3.05, 3.63) is 11.6 Å². The zero-order chi connectivity index (χ0) is 21.0. The number of ether oxygens (including phenoxy) is 1. The average molecular weight is 423 g/mol. The van der Waals surface area contributed by atoms with E-state index in [2.05, 4.69) is 19.2 Å². The Kier molecular flexibility index (Phi) is 3.12. The lowest BCUT2D eigenvalue weighted by molar-refractivity contribution is -0.211. The van der Waals surface area contributed by atoms with Crippen LogP contribution in [0.1, 0.15) is 78.1 Å². The molecule has 3 N–H and O–H groups in total. The molecular formula is C27H38N2O2. The van der Waals surface area contributed by atoms with Crippen LogP contribution in [-0.4, -0.2) is 35.6 Å². The Morgan fingerprint density at radius 3 is 2.90 bits per heavy atom. The molecule has 31 heavy (non-hydrogen) atoms. The highest BCUT2D eigenvalue weighted by Crippen LogP contribution is 2.93. The fourth-order valence-electron chi connectivity index (χ4n) is 11.6. The Balaban J connectivity index is 1.18. The van der Waals surface area contributed by atoms with Crippen molar-refractivity contribution >= 4 is 5.78 Å². The summed E-state index contributed by atoms with van der Waals surface area (Å²) in [7, 11) is 0. The summed E-state index contributed by atoms with van der Waals surface area (Å²) in [5.74, 6) is 3.04. The first-order chi connectivity index (χ1) is 14.8. The number of hydrogen-bond acceptors (Lipinski definition) is 4. The van der Waals surface area contributed by atoms with E-state index < -0.39 is 0 Å². The van der Waals surface area contributed by atoms with E-state index in [-0.39, 0.29) is 16.6 Å². The van der Waals surface area contributed by atoms with Gasteiger partial charge in [-0.15, -0.1) is 0 Å². The second-order valence-corrected chi connectivity index (χ2v) is 13.6. The van der Waals surface area contributed by atoms with Crippen LogP contribution in [0, 0.1) is 39.9 Å². The number of piperidine rings is 1. The van der Waals surface area contributed by atoms with Crippen LogP contribution in [0.25, 0.3) is 0 Å². The standard InChI is InChI=1S/C27H38N2O2/c1-15-9-19-22(29-13-15)18-11-25-14-24(25)12-21-23(2)6-4-17(30)10-16(23)3-7-26(21,28)20(24)5-8-27(18,25)31-19/h10,15,18-22,29H,3-9,11-14,28H2,1-2H3/t15-,18+,19+,20+,21+,22-,23-,24?,25?,26+,27+/m0/s1. The molecule has 168 valence electrons. The molecule has 2 heterocycles. The Morgan fingerprint density at radius 1 is 1.16 bits per heavy atom. The fraction of sp³-hybridized carbons (Fsp3) is 0.889. The molecule has 5 saturated carbocycles. The molecule has 6 aliphatic carbocycles. The zero-order valence-corrected chi connectivity index (χ0v) is 19.2. The van der Waals surface area contributed by atoms with E-state index in [1.807, 2.05) is 6.08 Å². The molecule has 4 heteroatoms. The molecule has 8 rings (SSSR count). The van der Waals surface area contributed by atoms with Crippen molar-refractivity contribution in [1.29, 1.82) is 0 Å². The maximum Gasteiger partial charge on any atom is 0.155 e. The van der Waals surface area contributed by atoms with Crippen molar-refractivity contribution in [2.75, 3.05) is 6.54 Å². The third-order valence-corrected chi connectivity index (χ3v) is 12.8. The molecule has 0 radical (unpaired) electrons. The number of ketones is 1. The highest BCUT2D eigenvalue weighted by Gasteiger charge is 2.93. The normalized spacial score (nSPS) is 65.1. The van der Waals surface area contributed by atoms with Crippen LogP contribution in [0.4, 0.5) is 0 Å². The van der Waals surface area contributed by atoms with E-state index in [1.54, 1.807) is 0 Å². The predicted molar refractivity (Wildman–Crippen MR) is 118 cm³/mol. The number of hydrogen-bond donors (Lipinski definition) is 2. The molecule has 2 aliphatic heterocycles. The number of carbonyl (C=O) groups is 1.